The first-order valence-corrected chi connectivity index (χ1v) is 7.08. The fourth-order valence-corrected chi connectivity index (χ4v) is 2.12. The second-order valence-electron chi connectivity index (χ2n) is 4.90. The summed E-state index contributed by atoms with van der Waals surface area (Å²) in [6.45, 7) is 3.53. The lowest BCUT2D eigenvalue weighted by atomic mass is 10.1. The molecule has 1 heterocycles. The van der Waals surface area contributed by atoms with Crippen LogP contribution in [0.3, 0.4) is 0 Å². The fourth-order valence-electron chi connectivity index (χ4n) is 2.12. The van der Waals surface area contributed by atoms with Crippen molar-refractivity contribution in [2.75, 3.05) is 25.0 Å². The van der Waals surface area contributed by atoms with Gasteiger partial charge in [-0.3, -0.25) is 0 Å². The number of aromatic nitrogens is 2. The molecule has 0 unspecified atom stereocenters. The van der Waals surface area contributed by atoms with Crippen molar-refractivity contribution >= 4 is 5.95 Å². The van der Waals surface area contributed by atoms with Crippen molar-refractivity contribution in [2.24, 2.45) is 5.73 Å². The molecular weight excluding hydrogens is 248 g/mol. The van der Waals surface area contributed by atoms with Gasteiger partial charge < -0.3 is 10.6 Å². The Morgan fingerprint density at radius 2 is 1.90 bits per heavy atom. The lowest BCUT2D eigenvalue weighted by Gasteiger charge is -2.16. The number of nitrogens with zero attached hydrogens (tertiary/aromatic N) is 3. The number of benzene rings is 1. The quantitative estimate of drug-likeness (QED) is 0.876. The van der Waals surface area contributed by atoms with Crippen molar-refractivity contribution in [1.82, 2.24) is 9.97 Å². The largest absolute Gasteiger partial charge is 0.343 e. The molecule has 0 bridgehead atoms. The van der Waals surface area contributed by atoms with Crippen molar-refractivity contribution in [3.05, 3.63) is 42.1 Å². The van der Waals surface area contributed by atoms with Gasteiger partial charge in [0.05, 0.1) is 5.69 Å². The molecule has 0 atom stereocenters. The average molecular weight is 270 g/mol. The van der Waals surface area contributed by atoms with Gasteiger partial charge in [0, 0.05) is 31.9 Å². The molecule has 0 saturated heterocycles. The van der Waals surface area contributed by atoms with Crippen LogP contribution in [-0.2, 0) is 6.42 Å². The van der Waals surface area contributed by atoms with E-state index in [-0.39, 0.29) is 0 Å². The minimum absolute atomic E-state index is 0.593. The molecule has 0 saturated carbocycles. The van der Waals surface area contributed by atoms with Crippen LogP contribution in [0.4, 0.5) is 5.95 Å². The molecule has 0 aliphatic carbocycles. The van der Waals surface area contributed by atoms with Gasteiger partial charge in [0.1, 0.15) is 0 Å². The Bertz CT molecular complexity index is 536. The Hall–Kier alpha value is -1.94. The van der Waals surface area contributed by atoms with Crippen LogP contribution in [-0.4, -0.2) is 30.1 Å². The van der Waals surface area contributed by atoms with E-state index in [1.54, 1.807) is 6.20 Å². The third-order valence-electron chi connectivity index (χ3n) is 3.24. The Balaban J connectivity index is 2.21. The molecule has 2 N–H and O–H groups in total. The van der Waals surface area contributed by atoms with Gasteiger partial charge >= 0.3 is 0 Å². The van der Waals surface area contributed by atoms with Crippen molar-refractivity contribution < 1.29 is 0 Å². The molecule has 20 heavy (non-hydrogen) atoms. The summed E-state index contributed by atoms with van der Waals surface area (Å²) in [6.07, 6.45) is 4.08. The Morgan fingerprint density at radius 1 is 1.15 bits per heavy atom. The van der Waals surface area contributed by atoms with Crippen molar-refractivity contribution in [2.45, 2.75) is 19.8 Å². The van der Waals surface area contributed by atoms with Crippen LogP contribution in [0.5, 0.6) is 0 Å². The summed E-state index contributed by atoms with van der Waals surface area (Å²) in [6, 6.07) is 10.5. The summed E-state index contributed by atoms with van der Waals surface area (Å²) < 4.78 is 0. The molecule has 0 spiro atoms. The number of anilines is 1. The molecule has 1 aromatic heterocycles. The zero-order chi connectivity index (χ0) is 14.4. The van der Waals surface area contributed by atoms with Crippen molar-refractivity contribution in [1.29, 1.82) is 0 Å². The van der Waals surface area contributed by atoms with Crippen LogP contribution in [0.25, 0.3) is 11.3 Å². The predicted octanol–water partition coefficient (Wildman–Crippen LogP) is 2.49. The first kappa shape index (κ1) is 14.5. The third kappa shape index (κ3) is 3.54. The molecule has 0 fully saturated rings. The van der Waals surface area contributed by atoms with Crippen molar-refractivity contribution in [3.8, 4) is 11.3 Å². The number of hydrogen-bond acceptors (Lipinski definition) is 4. The summed E-state index contributed by atoms with van der Waals surface area (Å²) >= 11 is 0. The minimum Gasteiger partial charge on any atom is -0.343 e. The number of likely N-dealkylation sites (N-methyl/N-ethyl adjacent to an activating group) is 1. The van der Waals surface area contributed by atoms with Crippen LogP contribution < -0.4 is 10.6 Å². The van der Waals surface area contributed by atoms with Gasteiger partial charge in [0.2, 0.25) is 5.95 Å². The summed E-state index contributed by atoms with van der Waals surface area (Å²) in [4.78, 5) is 10.9. The molecular formula is C16H22N4. The maximum atomic E-state index is 5.56. The van der Waals surface area contributed by atoms with Gasteiger partial charge in [-0.1, -0.05) is 37.6 Å². The first-order chi connectivity index (χ1) is 9.74. The molecule has 4 nitrogen and oxygen atoms in total. The standard InChI is InChI=1S/C16H22N4/c1-3-4-13-5-7-14(8-6-13)15-9-11-18-16(19-15)20(2)12-10-17/h5-9,11H,3-4,10,12,17H2,1-2H3. The maximum absolute atomic E-state index is 5.56. The Morgan fingerprint density at radius 3 is 2.55 bits per heavy atom. The Labute approximate surface area is 120 Å². The van der Waals surface area contributed by atoms with E-state index in [4.69, 9.17) is 5.73 Å². The normalized spacial score (nSPS) is 10.6. The molecule has 0 aliphatic rings. The number of aryl methyl sites for hydroxylation is 1. The van der Waals surface area contributed by atoms with Crippen LogP contribution >= 0.6 is 0 Å². The van der Waals surface area contributed by atoms with E-state index in [1.807, 2.05) is 18.0 Å². The summed E-state index contributed by atoms with van der Waals surface area (Å²) in [7, 11) is 1.95. The second kappa shape index (κ2) is 7.01. The molecule has 0 radical (unpaired) electrons. The highest BCUT2D eigenvalue weighted by Crippen LogP contribution is 2.19. The lowest BCUT2D eigenvalue weighted by Crippen LogP contribution is -2.26. The van der Waals surface area contributed by atoms with Gasteiger partial charge in [0.15, 0.2) is 0 Å². The molecule has 2 aromatic rings. The topological polar surface area (TPSA) is 55.0 Å². The molecule has 106 valence electrons. The highest BCUT2D eigenvalue weighted by atomic mass is 15.2. The van der Waals surface area contributed by atoms with Crippen molar-refractivity contribution in [3.63, 3.8) is 0 Å². The molecule has 4 heteroatoms. The zero-order valence-electron chi connectivity index (χ0n) is 12.2. The smallest absolute Gasteiger partial charge is 0.225 e. The van der Waals surface area contributed by atoms with Crippen LogP contribution in [0.2, 0.25) is 0 Å². The van der Waals surface area contributed by atoms with Crippen LogP contribution in [0.1, 0.15) is 18.9 Å². The SMILES string of the molecule is CCCc1ccc(-c2ccnc(N(C)CCN)n2)cc1. The van der Waals surface area contributed by atoms with Crippen LogP contribution in [0, 0.1) is 0 Å². The van der Waals surface area contributed by atoms with Gasteiger partial charge in [-0.15, -0.1) is 0 Å². The Kier molecular flexibility index (Phi) is 5.07. The molecule has 0 amide bonds. The van der Waals surface area contributed by atoms with E-state index in [0.29, 0.717) is 12.5 Å². The average Bonchev–Trinajstić information content (AvgIpc) is 2.49. The highest BCUT2D eigenvalue weighted by Gasteiger charge is 2.06. The number of nitrogens with two attached hydrogens (primary N) is 1. The van der Waals surface area contributed by atoms with Crippen LogP contribution in [0.15, 0.2) is 36.5 Å². The molecule has 1 aromatic carbocycles. The monoisotopic (exact) mass is 270 g/mol. The van der Waals surface area contributed by atoms with E-state index in [9.17, 15) is 0 Å². The van der Waals surface area contributed by atoms with Gasteiger partial charge in [-0.05, 0) is 18.1 Å². The molecule has 0 aliphatic heterocycles. The lowest BCUT2D eigenvalue weighted by molar-refractivity contribution is 0.847. The fraction of sp³-hybridized carbons (Fsp3) is 0.375. The van der Waals surface area contributed by atoms with Gasteiger partial charge in [0.25, 0.3) is 0 Å². The highest BCUT2D eigenvalue weighted by molar-refractivity contribution is 5.60. The van der Waals surface area contributed by atoms with Gasteiger partial charge in [-0.25, -0.2) is 9.97 Å². The summed E-state index contributed by atoms with van der Waals surface area (Å²) in [5.74, 6) is 0.714. The molecule has 2 rings (SSSR count). The first-order valence-electron chi connectivity index (χ1n) is 7.08. The van der Waals surface area contributed by atoms with E-state index in [1.165, 1.54) is 12.0 Å². The summed E-state index contributed by atoms with van der Waals surface area (Å²) in [5.41, 5.74) is 9.00. The maximum Gasteiger partial charge on any atom is 0.225 e. The van der Waals surface area contributed by atoms with Gasteiger partial charge in [-0.2, -0.15) is 0 Å². The predicted molar refractivity (Wildman–Crippen MR) is 83.8 cm³/mol. The van der Waals surface area contributed by atoms with E-state index < -0.39 is 0 Å². The second-order valence-corrected chi connectivity index (χ2v) is 4.90. The van der Waals surface area contributed by atoms with E-state index in [2.05, 4.69) is 41.2 Å². The number of hydrogen-bond donors (Lipinski definition) is 1. The number of rotatable bonds is 6. The van der Waals surface area contributed by atoms with E-state index >= 15 is 0 Å². The minimum atomic E-state index is 0.593. The van der Waals surface area contributed by atoms with E-state index in [0.717, 1.165) is 24.2 Å². The zero-order valence-corrected chi connectivity index (χ0v) is 12.2. The third-order valence-corrected chi connectivity index (χ3v) is 3.24. The summed E-state index contributed by atoms with van der Waals surface area (Å²) in [5, 5.41) is 0.